The summed E-state index contributed by atoms with van der Waals surface area (Å²) in [5.74, 6) is 0.400. The summed E-state index contributed by atoms with van der Waals surface area (Å²) in [4.78, 5) is 20.7. The molecule has 152 valence electrons. The van der Waals surface area contributed by atoms with Crippen molar-refractivity contribution >= 4 is 11.7 Å². The van der Waals surface area contributed by atoms with Gasteiger partial charge in [0.25, 0.3) is 5.91 Å². The Labute approximate surface area is 163 Å². The zero-order valence-corrected chi connectivity index (χ0v) is 15.3. The van der Waals surface area contributed by atoms with Crippen LogP contribution in [-0.2, 0) is 0 Å². The highest BCUT2D eigenvalue weighted by molar-refractivity contribution is 5.96. The van der Waals surface area contributed by atoms with Gasteiger partial charge in [-0.25, -0.2) is 14.6 Å². The molecule has 0 unspecified atom stereocenters. The quantitative estimate of drug-likeness (QED) is 0.586. The van der Waals surface area contributed by atoms with E-state index >= 15 is 0 Å². The van der Waals surface area contributed by atoms with Gasteiger partial charge >= 0.3 is 6.36 Å². The van der Waals surface area contributed by atoms with Gasteiger partial charge in [0.05, 0.1) is 5.56 Å². The molecule has 0 aliphatic heterocycles. The van der Waals surface area contributed by atoms with Crippen LogP contribution >= 0.6 is 0 Å². The Morgan fingerprint density at radius 2 is 1.97 bits per heavy atom. The van der Waals surface area contributed by atoms with Gasteiger partial charge < -0.3 is 15.4 Å². The maximum absolute atomic E-state index is 12.5. The average Bonchev–Trinajstić information content (AvgIpc) is 3.19. The molecule has 0 saturated carbocycles. The van der Waals surface area contributed by atoms with Gasteiger partial charge in [-0.3, -0.25) is 4.79 Å². The largest absolute Gasteiger partial charge is 0.573 e. The van der Waals surface area contributed by atoms with Gasteiger partial charge in [-0.15, -0.1) is 13.2 Å². The molecule has 2 heterocycles. The van der Waals surface area contributed by atoms with Crippen molar-refractivity contribution in [3.05, 3.63) is 60.2 Å². The molecule has 0 aliphatic carbocycles. The molecule has 0 radical (unpaired) electrons. The van der Waals surface area contributed by atoms with Crippen LogP contribution in [-0.4, -0.2) is 45.1 Å². The van der Waals surface area contributed by atoms with Gasteiger partial charge in [0.15, 0.2) is 5.82 Å². The fourth-order valence-electron chi connectivity index (χ4n) is 2.49. The highest BCUT2D eigenvalue weighted by Gasteiger charge is 2.32. The van der Waals surface area contributed by atoms with Crippen molar-refractivity contribution in [2.24, 2.45) is 0 Å². The Morgan fingerprint density at radius 3 is 2.69 bits per heavy atom. The number of carbonyl (C=O) groups excluding carboxylic acids is 1. The first-order valence-corrected chi connectivity index (χ1v) is 8.54. The van der Waals surface area contributed by atoms with Crippen LogP contribution < -0.4 is 15.4 Å². The molecule has 3 rings (SSSR count). The van der Waals surface area contributed by atoms with Crippen LogP contribution in [0.3, 0.4) is 0 Å². The van der Waals surface area contributed by atoms with Crippen LogP contribution in [0.1, 0.15) is 16.2 Å². The Balaban J connectivity index is 1.57. The normalized spacial score (nSPS) is 11.2. The van der Waals surface area contributed by atoms with Gasteiger partial charge in [-0.2, -0.15) is 5.10 Å². The third-order valence-corrected chi connectivity index (χ3v) is 3.64. The Morgan fingerprint density at radius 1 is 1.17 bits per heavy atom. The molecule has 11 heteroatoms. The number of para-hydroxylation sites is 1. The highest BCUT2D eigenvalue weighted by Crippen LogP contribution is 2.26. The third kappa shape index (κ3) is 5.67. The monoisotopic (exact) mass is 406 g/mol. The van der Waals surface area contributed by atoms with Crippen molar-refractivity contribution in [3.8, 4) is 11.6 Å². The molecule has 1 aromatic carbocycles. The fraction of sp³-hybridized carbons (Fsp3) is 0.222. The number of halogens is 3. The minimum atomic E-state index is -4.88. The molecule has 0 atom stereocenters. The van der Waals surface area contributed by atoms with Crippen LogP contribution in [0.5, 0.6) is 5.75 Å². The average molecular weight is 406 g/mol. The smallest absolute Gasteiger partial charge is 0.405 e. The van der Waals surface area contributed by atoms with E-state index in [2.05, 4.69) is 30.4 Å². The number of amides is 1. The summed E-state index contributed by atoms with van der Waals surface area (Å²) in [5, 5.41) is 9.68. The predicted octanol–water partition coefficient (Wildman–Crippen LogP) is 2.71. The molecule has 2 N–H and O–H groups in total. The fourth-order valence-corrected chi connectivity index (χ4v) is 2.49. The predicted molar refractivity (Wildman–Crippen MR) is 97.8 cm³/mol. The van der Waals surface area contributed by atoms with E-state index in [0.717, 1.165) is 6.07 Å². The van der Waals surface area contributed by atoms with E-state index in [-0.39, 0.29) is 12.1 Å². The zero-order valence-electron chi connectivity index (χ0n) is 15.3. The number of hydrogen-bond donors (Lipinski definition) is 2. The third-order valence-electron chi connectivity index (χ3n) is 3.64. The topological polar surface area (TPSA) is 94.0 Å². The summed E-state index contributed by atoms with van der Waals surface area (Å²) in [6, 6.07) is 8.61. The molecular formula is C18H17F3N6O2. The highest BCUT2D eigenvalue weighted by atomic mass is 19.4. The maximum atomic E-state index is 12.5. The van der Waals surface area contributed by atoms with E-state index in [9.17, 15) is 18.0 Å². The first-order valence-electron chi connectivity index (χ1n) is 8.54. The van der Waals surface area contributed by atoms with Crippen LogP contribution in [0, 0.1) is 6.92 Å². The SMILES string of the molecule is Cc1nc(NCCNC(=O)c2ccccc2OC(F)(F)F)cc(-n2cccn2)n1. The van der Waals surface area contributed by atoms with Gasteiger partial charge in [-0.1, -0.05) is 12.1 Å². The summed E-state index contributed by atoms with van der Waals surface area (Å²) in [6.45, 7) is 2.18. The first-order chi connectivity index (χ1) is 13.8. The molecule has 8 nitrogen and oxygen atoms in total. The van der Waals surface area contributed by atoms with E-state index in [0.29, 0.717) is 24.0 Å². The Bertz CT molecular complexity index is 976. The molecular weight excluding hydrogens is 389 g/mol. The minimum Gasteiger partial charge on any atom is -0.405 e. The van der Waals surface area contributed by atoms with Crippen molar-refractivity contribution in [3.63, 3.8) is 0 Å². The summed E-state index contributed by atoms with van der Waals surface area (Å²) in [5.41, 5.74) is -0.205. The number of carbonyl (C=O) groups is 1. The lowest BCUT2D eigenvalue weighted by Crippen LogP contribution is -2.30. The second-order valence-corrected chi connectivity index (χ2v) is 5.84. The molecule has 3 aromatic rings. The van der Waals surface area contributed by atoms with Gasteiger partial charge in [0, 0.05) is 31.5 Å². The van der Waals surface area contributed by atoms with E-state index in [4.69, 9.17) is 0 Å². The number of nitrogens with zero attached hydrogens (tertiary/aromatic N) is 4. The number of anilines is 1. The second kappa shape index (κ2) is 8.59. The van der Waals surface area contributed by atoms with E-state index < -0.39 is 18.0 Å². The molecule has 0 aliphatic rings. The number of hydrogen-bond acceptors (Lipinski definition) is 6. The zero-order chi connectivity index (χ0) is 20.9. The van der Waals surface area contributed by atoms with Gasteiger partial charge in [-0.05, 0) is 25.1 Å². The second-order valence-electron chi connectivity index (χ2n) is 5.84. The molecule has 0 fully saturated rings. The number of rotatable bonds is 7. The number of ether oxygens (including phenoxy) is 1. The minimum absolute atomic E-state index is 0.152. The molecule has 0 saturated heterocycles. The van der Waals surface area contributed by atoms with Crippen molar-refractivity contribution in [2.75, 3.05) is 18.4 Å². The van der Waals surface area contributed by atoms with Crippen LogP contribution in [0.15, 0.2) is 48.8 Å². The van der Waals surface area contributed by atoms with Crippen LogP contribution in [0.4, 0.5) is 19.0 Å². The lowest BCUT2D eigenvalue weighted by molar-refractivity contribution is -0.274. The molecule has 0 spiro atoms. The lowest BCUT2D eigenvalue weighted by atomic mass is 10.2. The number of nitrogens with one attached hydrogen (secondary N) is 2. The van der Waals surface area contributed by atoms with Gasteiger partial charge in [0.1, 0.15) is 17.4 Å². The molecule has 0 bridgehead atoms. The first kappa shape index (κ1) is 20.1. The summed E-state index contributed by atoms with van der Waals surface area (Å²) in [7, 11) is 0. The maximum Gasteiger partial charge on any atom is 0.573 e. The summed E-state index contributed by atoms with van der Waals surface area (Å²) in [6.07, 6.45) is -1.51. The van der Waals surface area contributed by atoms with Gasteiger partial charge in [0.2, 0.25) is 0 Å². The Hall–Kier alpha value is -3.63. The number of aromatic nitrogens is 4. The van der Waals surface area contributed by atoms with Crippen molar-refractivity contribution < 1.29 is 22.7 Å². The Kier molecular flexibility index (Phi) is 5.96. The lowest BCUT2D eigenvalue weighted by Gasteiger charge is -2.13. The van der Waals surface area contributed by atoms with Crippen molar-refractivity contribution in [2.45, 2.75) is 13.3 Å². The molecule has 29 heavy (non-hydrogen) atoms. The molecule has 2 aromatic heterocycles. The number of alkyl halides is 3. The standard InChI is InChI=1S/C18H17F3N6O2/c1-12-25-15(11-16(26-12)27-10-4-7-24-27)22-8-9-23-17(28)13-5-2-3-6-14(13)29-18(19,20)21/h2-7,10-11H,8-9H2,1H3,(H,23,28)(H,22,25,26). The van der Waals surface area contributed by atoms with Crippen LogP contribution in [0.2, 0.25) is 0 Å². The summed E-state index contributed by atoms with van der Waals surface area (Å²) < 4.78 is 42.9. The van der Waals surface area contributed by atoms with E-state index in [1.54, 1.807) is 36.1 Å². The van der Waals surface area contributed by atoms with E-state index in [1.165, 1.54) is 18.2 Å². The molecule has 1 amide bonds. The van der Waals surface area contributed by atoms with E-state index in [1.807, 2.05) is 0 Å². The van der Waals surface area contributed by atoms with Crippen molar-refractivity contribution in [1.29, 1.82) is 0 Å². The number of aryl methyl sites for hydroxylation is 1. The van der Waals surface area contributed by atoms with Crippen molar-refractivity contribution in [1.82, 2.24) is 25.1 Å². The summed E-state index contributed by atoms with van der Waals surface area (Å²) >= 11 is 0. The van der Waals surface area contributed by atoms with Crippen LogP contribution in [0.25, 0.3) is 5.82 Å². The number of benzene rings is 1.